The van der Waals surface area contributed by atoms with Crippen LogP contribution in [0.2, 0.25) is 0 Å². The van der Waals surface area contributed by atoms with E-state index in [2.05, 4.69) is 20.4 Å². The molecule has 0 saturated carbocycles. The first-order chi connectivity index (χ1) is 5.84. The molecule has 1 N–H and O–H groups in total. The van der Waals surface area contributed by atoms with Gasteiger partial charge in [-0.3, -0.25) is 0 Å². The molecule has 13 heavy (non-hydrogen) atoms. The lowest BCUT2D eigenvalue weighted by Gasteiger charge is -2.31. The first-order valence-electron chi connectivity index (χ1n) is 4.76. The Labute approximate surface area is 80.7 Å². The van der Waals surface area contributed by atoms with Crippen LogP contribution >= 0.6 is 0 Å². The van der Waals surface area contributed by atoms with E-state index in [0.29, 0.717) is 11.5 Å². The second kappa shape index (κ2) is 4.45. The van der Waals surface area contributed by atoms with Crippen LogP contribution in [0.4, 0.5) is 0 Å². The largest absolute Gasteiger partial charge is 0.478 e. The molecule has 0 fully saturated rings. The molecule has 1 atom stereocenters. The van der Waals surface area contributed by atoms with Gasteiger partial charge < -0.3 is 5.11 Å². The fraction of sp³-hybridized carbons (Fsp3) is 0.727. The van der Waals surface area contributed by atoms with Crippen molar-refractivity contribution >= 4 is 5.97 Å². The van der Waals surface area contributed by atoms with E-state index in [-0.39, 0.29) is 5.41 Å². The van der Waals surface area contributed by atoms with Crippen molar-refractivity contribution in [2.75, 3.05) is 0 Å². The molecule has 0 aromatic rings. The average molecular weight is 184 g/mol. The van der Waals surface area contributed by atoms with Crippen molar-refractivity contribution in [1.82, 2.24) is 0 Å². The van der Waals surface area contributed by atoms with Crippen LogP contribution in [0, 0.1) is 11.3 Å². The fourth-order valence-corrected chi connectivity index (χ4v) is 1.37. The Morgan fingerprint density at radius 3 is 2.31 bits per heavy atom. The molecule has 0 aliphatic carbocycles. The van der Waals surface area contributed by atoms with Crippen molar-refractivity contribution in [1.29, 1.82) is 0 Å². The molecule has 0 saturated heterocycles. The average Bonchev–Trinajstić information content (AvgIpc) is 2.03. The standard InChI is InChI=1S/C11H20O2/c1-6-7-8(2)11(4,5)9(3)10(12)13/h8H,3,6-7H2,1-2,4-5H3,(H,12,13). The minimum atomic E-state index is -0.882. The second-order valence-electron chi connectivity index (χ2n) is 4.20. The van der Waals surface area contributed by atoms with Crippen LogP contribution in [0.1, 0.15) is 40.5 Å². The van der Waals surface area contributed by atoms with E-state index < -0.39 is 5.97 Å². The van der Waals surface area contributed by atoms with Gasteiger partial charge in [0.25, 0.3) is 0 Å². The molecule has 0 radical (unpaired) electrons. The summed E-state index contributed by atoms with van der Waals surface area (Å²) in [6.45, 7) is 11.7. The number of aliphatic carboxylic acids is 1. The van der Waals surface area contributed by atoms with Gasteiger partial charge in [0.1, 0.15) is 0 Å². The van der Waals surface area contributed by atoms with Gasteiger partial charge in [0.2, 0.25) is 0 Å². The maximum Gasteiger partial charge on any atom is 0.331 e. The molecule has 2 nitrogen and oxygen atoms in total. The molecule has 0 aromatic carbocycles. The molecule has 0 heterocycles. The maximum absolute atomic E-state index is 10.8. The Balaban J connectivity index is 4.54. The Morgan fingerprint density at radius 2 is 2.00 bits per heavy atom. The molecule has 0 aromatic heterocycles. The van der Waals surface area contributed by atoms with Crippen LogP contribution in [0.25, 0.3) is 0 Å². The zero-order valence-corrected chi connectivity index (χ0v) is 9.05. The van der Waals surface area contributed by atoms with Crippen molar-refractivity contribution in [3.05, 3.63) is 12.2 Å². The van der Waals surface area contributed by atoms with Crippen LogP contribution in [0.5, 0.6) is 0 Å². The SMILES string of the molecule is C=C(C(=O)O)C(C)(C)C(C)CCC. The van der Waals surface area contributed by atoms with Gasteiger partial charge in [-0.15, -0.1) is 0 Å². The van der Waals surface area contributed by atoms with Gasteiger partial charge in [-0.2, -0.15) is 0 Å². The third-order valence-corrected chi connectivity index (χ3v) is 2.99. The van der Waals surface area contributed by atoms with Gasteiger partial charge in [-0.05, 0) is 11.3 Å². The first-order valence-corrected chi connectivity index (χ1v) is 4.76. The summed E-state index contributed by atoms with van der Waals surface area (Å²) >= 11 is 0. The number of rotatable bonds is 5. The quantitative estimate of drug-likeness (QED) is 0.667. The van der Waals surface area contributed by atoms with Gasteiger partial charge >= 0.3 is 5.97 Å². The Morgan fingerprint density at radius 1 is 1.54 bits per heavy atom. The lowest BCUT2D eigenvalue weighted by molar-refractivity contribution is -0.134. The molecule has 76 valence electrons. The van der Waals surface area contributed by atoms with Crippen LogP contribution in [-0.2, 0) is 4.79 Å². The number of carboxylic acids is 1. The summed E-state index contributed by atoms with van der Waals surface area (Å²) in [7, 11) is 0. The summed E-state index contributed by atoms with van der Waals surface area (Å²) < 4.78 is 0. The number of carboxylic acid groups (broad SMARTS) is 1. The molecule has 0 amide bonds. The van der Waals surface area contributed by atoms with Crippen LogP contribution in [-0.4, -0.2) is 11.1 Å². The summed E-state index contributed by atoms with van der Waals surface area (Å²) in [4.78, 5) is 10.8. The number of carbonyl (C=O) groups is 1. The lowest BCUT2D eigenvalue weighted by Crippen LogP contribution is -2.27. The van der Waals surface area contributed by atoms with Crippen molar-refractivity contribution in [2.24, 2.45) is 11.3 Å². The van der Waals surface area contributed by atoms with E-state index in [1.807, 2.05) is 13.8 Å². The van der Waals surface area contributed by atoms with Gasteiger partial charge in [-0.1, -0.05) is 47.1 Å². The molecule has 1 unspecified atom stereocenters. The Hall–Kier alpha value is -0.790. The molecule has 0 rings (SSSR count). The zero-order valence-electron chi connectivity index (χ0n) is 9.05. The van der Waals surface area contributed by atoms with Gasteiger partial charge in [0.15, 0.2) is 0 Å². The Kier molecular flexibility index (Phi) is 4.18. The normalized spacial score (nSPS) is 13.8. The van der Waals surface area contributed by atoms with Crippen molar-refractivity contribution in [2.45, 2.75) is 40.5 Å². The summed E-state index contributed by atoms with van der Waals surface area (Å²) in [5, 5.41) is 8.84. The molecule has 2 heteroatoms. The molecule has 0 aliphatic rings. The molecule has 0 spiro atoms. The zero-order chi connectivity index (χ0) is 10.6. The lowest BCUT2D eigenvalue weighted by atomic mass is 9.72. The molecule has 0 bridgehead atoms. The number of hydrogen-bond acceptors (Lipinski definition) is 1. The third kappa shape index (κ3) is 2.87. The summed E-state index contributed by atoms with van der Waals surface area (Å²) in [5.74, 6) is -0.519. The van der Waals surface area contributed by atoms with Crippen molar-refractivity contribution in [3.8, 4) is 0 Å². The highest BCUT2D eigenvalue weighted by Gasteiger charge is 2.31. The minimum Gasteiger partial charge on any atom is -0.478 e. The maximum atomic E-state index is 10.8. The Bertz CT molecular complexity index is 204. The molecule has 0 aliphatic heterocycles. The fourth-order valence-electron chi connectivity index (χ4n) is 1.37. The van der Waals surface area contributed by atoms with E-state index in [9.17, 15) is 4.79 Å². The van der Waals surface area contributed by atoms with Crippen LogP contribution in [0.3, 0.4) is 0 Å². The van der Waals surface area contributed by atoms with E-state index in [1.54, 1.807) is 0 Å². The third-order valence-electron chi connectivity index (χ3n) is 2.99. The number of hydrogen-bond donors (Lipinski definition) is 1. The first kappa shape index (κ1) is 12.2. The minimum absolute atomic E-state index is 0.304. The smallest absolute Gasteiger partial charge is 0.331 e. The predicted octanol–water partition coefficient (Wildman–Crippen LogP) is 3.09. The van der Waals surface area contributed by atoms with E-state index in [4.69, 9.17) is 5.11 Å². The monoisotopic (exact) mass is 184 g/mol. The van der Waals surface area contributed by atoms with Crippen LogP contribution in [0.15, 0.2) is 12.2 Å². The molecular formula is C11H20O2. The van der Waals surface area contributed by atoms with Gasteiger partial charge in [0, 0.05) is 5.57 Å². The summed E-state index contributed by atoms with van der Waals surface area (Å²) in [6.07, 6.45) is 2.12. The van der Waals surface area contributed by atoms with E-state index in [1.165, 1.54) is 0 Å². The highest BCUT2D eigenvalue weighted by Crippen LogP contribution is 2.36. The van der Waals surface area contributed by atoms with Crippen LogP contribution < -0.4 is 0 Å². The van der Waals surface area contributed by atoms with Crippen molar-refractivity contribution in [3.63, 3.8) is 0 Å². The molecular weight excluding hydrogens is 164 g/mol. The van der Waals surface area contributed by atoms with E-state index in [0.717, 1.165) is 12.8 Å². The highest BCUT2D eigenvalue weighted by atomic mass is 16.4. The van der Waals surface area contributed by atoms with Gasteiger partial charge in [-0.25, -0.2) is 4.79 Å². The van der Waals surface area contributed by atoms with E-state index >= 15 is 0 Å². The van der Waals surface area contributed by atoms with Crippen molar-refractivity contribution < 1.29 is 9.90 Å². The summed E-state index contributed by atoms with van der Waals surface area (Å²) in [5.41, 5.74) is 0.00965. The predicted molar refractivity (Wildman–Crippen MR) is 54.6 cm³/mol. The summed E-state index contributed by atoms with van der Waals surface area (Å²) in [6, 6.07) is 0. The highest BCUT2D eigenvalue weighted by molar-refractivity contribution is 5.87. The topological polar surface area (TPSA) is 37.3 Å². The second-order valence-corrected chi connectivity index (χ2v) is 4.20. The van der Waals surface area contributed by atoms with Gasteiger partial charge in [0.05, 0.1) is 0 Å².